The van der Waals surface area contributed by atoms with Crippen molar-refractivity contribution in [1.82, 2.24) is 9.80 Å². The van der Waals surface area contributed by atoms with Crippen LogP contribution in [0.1, 0.15) is 18.6 Å². The molecule has 0 bridgehead atoms. The van der Waals surface area contributed by atoms with E-state index >= 15 is 0 Å². The smallest absolute Gasteiger partial charge is 0.260 e. The van der Waals surface area contributed by atoms with Gasteiger partial charge in [0.05, 0.1) is 6.10 Å². The first kappa shape index (κ1) is 15.7. The molecule has 116 valence electrons. The average molecular weight is 296 g/mol. The third-order valence-electron chi connectivity index (χ3n) is 3.63. The lowest BCUT2D eigenvalue weighted by Gasteiger charge is -2.32. The fourth-order valence-electron chi connectivity index (χ4n) is 2.26. The Morgan fingerprint density at radius 2 is 2.05 bits per heavy atom. The first-order valence-corrected chi connectivity index (χ1v) is 7.04. The predicted molar refractivity (Wildman–Crippen MR) is 76.6 cm³/mol. The van der Waals surface area contributed by atoms with Crippen molar-refractivity contribution in [3.8, 4) is 5.75 Å². The number of benzene rings is 1. The van der Waals surface area contributed by atoms with Crippen molar-refractivity contribution in [3.63, 3.8) is 0 Å². The highest BCUT2D eigenvalue weighted by molar-refractivity contribution is 5.78. The van der Waals surface area contributed by atoms with E-state index in [1.54, 1.807) is 4.90 Å². The molecule has 1 aliphatic rings. The zero-order valence-corrected chi connectivity index (χ0v) is 12.4. The number of amides is 1. The number of halogens is 1. The second-order valence-corrected chi connectivity index (χ2v) is 5.33. The zero-order valence-electron chi connectivity index (χ0n) is 12.4. The van der Waals surface area contributed by atoms with Crippen LogP contribution >= 0.6 is 0 Å². The minimum absolute atomic E-state index is 0.0935. The third-order valence-corrected chi connectivity index (χ3v) is 3.63. The molecule has 5 nitrogen and oxygen atoms in total. The molecule has 0 spiro atoms. The summed E-state index contributed by atoms with van der Waals surface area (Å²) in [6.45, 7) is 4.50. The molecule has 0 aliphatic carbocycles. The van der Waals surface area contributed by atoms with Crippen LogP contribution in [-0.2, 0) is 4.79 Å². The number of hydrogen-bond acceptors (Lipinski definition) is 4. The topological polar surface area (TPSA) is 53.0 Å². The van der Waals surface area contributed by atoms with Gasteiger partial charge in [0, 0.05) is 31.7 Å². The third kappa shape index (κ3) is 4.15. The molecule has 0 aromatic heterocycles. The molecular formula is C15H21FN2O3. The highest BCUT2D eigenvalue weighted by Crippen LogP contribution is 2.26. The van der Waals surface area contributed by atoms with Gasteiger partial charge in [-0.2, -0.15) is 0 Å². The summed E-state index contributed by atoms with van der Waals surface area (Å²) in [5, 5.41) is 9.62. The van der Waals surface area contributed by atoms with E-state index in [0.717, 1.165) is 13.1 Å². The Balaban J connectivity index is 1.95. The maximum absolute atomic E-state index is 13.2. The minimum atomic E-state index is -0.852. The van der Waals surface area contributed by atoms with E-state index in [0.29, 0.717) is 24.4 Å². The van der Waals surface area contributed by atoms with Crippen molar-refractivity contribution in [1.29, 1.82) is 0 Å². The maximum atomic E-state index is 13.2. The Morgan fingerprint density at radius 1 is 1.38 bits per heavy atom. The van der Waals surface area contributed by atoms with Crippen molar-refractivity contribution in [3.05, 3.63) is 29.6 Å². The Kier molecular flexibility index (Phi) is 5.14. The van der Waals surface area contributed by atoms with Gasteiger partial charge in [0.1, 0.15) is 11.6 Å². The molecule has 1 aromatic carbocycles. The SMILES string of the molecule is CC(O)c1cc(F)ccc1OCC(=O)N1CCN(C)CC1. The van der Waals surface area contributed by atoms with Crippen molar-refractivity contribution in [2.24, 2.45) is 0 Å². The van der Waals surface area contributed by atoms with Crippen LogP contribution in [0.4, 0.5) is 4.39 Å². The average Bonchev–Trinajstić information content (AvgIpc) is 2.46. The van der Waals surface area contributed by atoms with Crippen LogP contribution in [-0.4, -0.2) is 60.6 Å². The van der Waals surface area contributed by atoms with Crippen molar-refractivity contribution in [2.75, 3.05) is 39.8 Å². The number of aliphatic hydroxyl groups is 1. The van der Waals surface area contributed by atoms with Gasteiger partial charge in [-0.15, -0.1) is 0 Å². The zero-order chi connectivity index (χ0) is 15.4. The second-order valence-electron chi connectivity index (χ2n) is 5.33. The van der Waals surface area contributed by atoms with Crippen LogP contribution in [0, 0.1) is 5.82 Å². The number of piperazine rings is 1. The predicted octanol–water partition coefficient (Wildman–Crippen LogP) is 1.03. The van der Waals surface area contributed by atoms with Gasteiger partial charge >= 0.3 is 0 Å². The summed E-state index contributed by atoms with van der Waals surface area (Å²) in [7, 11) is 2.02. The van der Waals surface area contributed by atoms with Crippen LogP contribution < -0.4 is 4.74 Å². The van der Waals surface area contributed by atoms with Crippen LogP contribution in [0.25, 0.3) is 0 Å². The number of rotatable bonds is 4. The monoisotopic (exact) mass is 296 g/mol. The maximum Gasteiger partial charge on any atom is 0.260 e. The summed E-state index contributed by atoms with van der Waals surface area (Å²) in [5.41, 5.74) is 0.348. The normalized spacial score (nSPS) is 17.6. The van der Waals surface area contributed by atoms with Gasteiger partial charge in [0.25, 0.3) is 5.91 Å². The summed E-state index contributed by atoms with van der Waals surface area (Å²) in [5.74, 6) is -0.193. The molecule has 1 unspecified atom stereocenters. The van der Waals surface area contributed by atoms with E-state index in [1.807, 2.05) is 7.05 Å². The van der Waals surface area contributed by atoms with E-state index < -0.39 is 11.9 Å². The molecule has 1 aromatic rings. The molecule has 0 radical (unpaired) electrons. The largest absolute Gasteiger partial charge is 0.483 e. The molecule has 2 rings (SSSR count). The van der Waals surface area contributed by atoms with Gasteiger partial charge < -0.3 is 19.6 Å². The molecule has 21 heavy (non-hydrogen) atoms. The van der Waals surface area contributed by atoms with E-state index in [9.17, 15) is 14.3 Å². The Labute approximate surface area is 123 Å². The van der Waals surface area contributed by atoms with E-state index in [-0.39, 0.29) is 12.5 Å². The lowest BCUT2D eigenvalue weighted by molar-refractivity contribution is -0.134. The van der Waals surface area contributed by atoms with Gasteiger partial charge in [-0.1, -0.05) is 0 Å². The van der Waals surface area contributed by atoms with Gasteiger partial charge in [0.15, 0.2) is 6.61 Å². The van der Waals surface area contributed by atoms with E-state index in [2.05, 4.69) is 4.90 Å². The number of likely N-dealkylation sites (N-methyl/N-ethyl adjacent to an activating group) is 1. The quantitative estimate of drug-likeness (QED) is 0.902. The summed E-state index contributed by atoms with van der Waals surface area (Å²) in [6, 6.07) is 3.91. The van der Waals surface area contributed by atoms with Gasteiger partial charge in [-0.25, -0.2) is 4.39 Å². The van der Waals surface area contributed by atoms with Crippen LogP contribution in [0.15, 0.2) is 18.2 Å². The molecule has 1 heterocycles. The van der Waals surface area contributed by atoms with Crippen LogP contribution in [0.5, 0.6) is 5.75 Å². The van der Waals surface area contributed by atoms with Crippen molar-refractivity contribution in [2.45, 2.75) is 13.0 Å². The lowest BCUT2D eigenvalue weighted by Crippen LogP contribution is -2.48. The first-order valence-electron chi connectivity index (χ1n) is 7.04. The standard InChI is InChI=1S/C15H21FN2O3/c1-11(19)13-9-12(16)3-4-14(13)21-10-15(20)18-7-5-17(2)6-8-18/h3-4,9,11,19H,5-8,10H2,1-2H3. The molecule has 1 saturated heterocycles. The van der Waals surface area contributed by atoms with Crippen LogP contribution in [0.2, 0.25) is 0 Å². The van der Waals surface area contributed by atoms with Crippen molar-refractivity contribution >= 4 is 5.91 Å². The molecule has 0 saturated carbocycles. The highest BCUT2D eigenvalue weighted by Gasteiger charge is 2.20. The second kappa shape index (κ2) is 6.87. The number of carbonyl (C=O) groups excluding carboxylic acids is 1. The van der Waals surface area contributed by atoms with E-state index in [4.69, 9.17) is 4.74 Å². The van der Waals surface area contributed by atoms with Crippen LogP contribution in [0.3, 0.4) is 0 Å². The van der Waals surface area contributed by atoms with E-state index in [1.165, 1.54) is 25.1 Å². The first-order chi connectivity index (χ1) is 9.97. The van der Waals surface area contributed by atoms with Crippen molar-refractivity contribution < 1.29 is 19.0 Å². The molecule has 6 heteroatoms. The summed E-state index contributed by atoms with van der Waals surface area (Å²) in [4.78, 5) is 16.0. The molecule has 1 fully saturated rings. The highest BCUT2D eigenvalue weighted by atomic mass is 19.1. The Hall–Kier alpha value is -1.66. The summed E-state index contributed by atoms with van der Waals surface area (Å²) >= 11 is 0. The summed E-state index contributed by atoms with van der Waals surface area (Å²) < 4.78 is 18.7. The summed E-state index contributed by atoms with van der Waals surface area (Å²) in [6.07, 6.45) is -0.852. The molecule has 1 amide bonds. The molecular weight excluding hydrogens is 275 g/mol. The minimum Gasteiger partial charge on any atom is -0.483 e. The number of aliphatic hydroxyl groups excluding tert-OH is 1. The number of ether oxygens (including phenoxy) is 1. The lowest BCUT2D eigenvalue weighted by atomic mass is 10.1. The molecule has 1 aliphatic heterocycles. The Bertz CT molecular complexity index is 500. The fraction of sp³-hybridized carbons (Fsp3) is 0.533. The van der Waals surface area contributed by atoms with Gasteiger partial charge in [-0.05, 0) is 32.2 Å². The number of hydrogen-bond donors (Lipinski definition) is 1. The molecule has 1 atom stereocenters. The molecule has 1 N–H and O–H groups in total. The van der Waals surface area contributed by atoms with Gasteiger partial charge in [-0.3, -0.25) is 4.79 Å². The Morgan fingerprint density at radius 3 is 2.67 bits per heavy atom. The van der Waals surface area contributed by atoms with Gasteiger partial charge in [0.2, 0.25) is 0 Å². The number of carbonyl (C=O) groups is 1. The number of nitrogens with zero attached hydrogens (tertiary/aromatic N) is 2. The fourth-order valence-corrected chi connectivity index (χ4v) is 2.26.